The smallest absolute Gasteiger partial charge is 0.339 e. The number of aliphatic carboxylic acids is 3. The molecule has 0 amide bonds. The molecule has 10 heteroatoms. The highest BCUT2D eigenvalue weighted by atomic mass is 31.2. The van der Waals surface area contributed by atoms with E-state index in [0.717, 1.165) is 0 Å². The molecule has 0 aliphatic carbocycles. The number of carboxylic acid groups (broad SMARTS) is 3. The second-order valence-corrected chi connectivity index (χ2v) is 4.71. The summed E-state index contributed by atoms with van der Waals surface area (Å²) in [5.74, 6) is -7.83. The van der Waals surface area contributed by atoms with Gasteiger partial charge in [0, 0.05) is 0 Å². The molecule has 0 aromatic carbocycles. The summed E-state index contributed by atoms with van der Waals surface area (Å²) in [6.07, 6.45) is -1.18. The van der Waals surface area contributed by atoms with Crippen LogP contribution in [0.25, 0.3) is 0 Å². The zero-order chi connectivity index (χ0) is 13.1. The standard InChI is InChI=1S/C6H9O9P/c7-4(8)2(5(9)10)1-3(6(11)12)16(13,14)15/h2-3H,1H2,(H,7,8)(H,9,10)(H,11,12)(H2,13,14,15). The second-order valence-electron chi connectivity index (χ2n) is 2.91. The van der Waals surface area contributed by atoms with Gasteiger partial charge in [-0.05, 0) is 6.42 Å². The Kier molecular flexibility index (Phi) is 4.61. The summed E-state index contributed by atoms with van der Waals surface area (Å²) in [7, 11) is -5.09. The van der Waals surface area contributed by atoms with Gasteiger partial charge < -0.3 is 25.1 Å². The van der Waals surface area contributed by atoms with Crippen LogP contribution in [-0.4, -0.2) is 48.7 Å². The first-order valence-corrected chi connectivity index (χ1v) is 5.49. The van der Waals surface area contributed by atoms with E-state index in [1.54, 1.807) is 0 Å². The first-order chi connectivity index (χ1) is 7.07. The minimum absolute atomic E-state index is 1.18. The van der Waals surface area contributed by atoms with E-state index >= 15 is 0 Å². The van der Waals surface area contributed by atoms with Gasteiger partial charge in [0.2, 0.25) is 0 Å². The molecule has 0 aliphatic rings. The van der Waals surface area contributed by atoms with E-state index in [0.29, 0.717) is 0 Å². The molecule has 16 heavy (non-hydrogen) atoms. The predicted octanol–water partition coefficient (Wildman–Crippen LogP) is -1.21. The molecule has 0 aliphatic heterocycles. The van der Waals surface area contributed by atoms with E-state index in [4.69, 9.17) is 25.1 Å². The van der Waals surface area contributed by atoms with Crippen molar-refractivity contribution in [3.05, 3.63) is 0 Å². The van der Waals surface area contributed by atoms with Crippen LogP contribution in [0.1, 0.15) is 6.42 Å². The SMILES string of the molecule is O=C(O)C(CC(C(=O)O)P(=O)(O)O)C(=O)O. The van der Waals surface area contributed by atoms with Crippen LogP contribution in [0.5, 0.6) is 0 Å². The van der Waals surface area contributed by atoms with E-state index in [2.05, 4.69) is 0 Å². The van der Waals surface area contributed by atoms with E-state index < -0.39 is 43.5 Å². The molecular formula is C6H9O9P. The Hall–Kier alpha value is -1.44. The third-order valence-corrected chi connectivity index (χ3v) is 2.99. The Morgan fingerprint density at radius 3 is 1.50 bits per heavy atom. The van der Waals surface area contributed by atoms with Gasteiger partial charge in [-0.2, -0.15) is 0 Å². The van der Waals surface area contributed by atoms with Crippen LogP contribution in [0.3, 0.4) is 0 Å². The molecule has 0 spiro atoms. The second kappa shape index (κ2) is 5.06. The molecule has 0 heterocycles. The minimum Gasteiger partial charge on any atom is -0.481 e. The Bertz CT molecular complexity index is 341. The highest BCUT2D eigenvalue weighted by molar-refractivity contribution is 7.53. The molecule has 5 N–H and O–H groups in total. The normalized spacial score (nSPS) is 13.4. The molecule has 1 atom stereocenters. The zero-order valence-corrected chi connectivity index (χ0v) is 8.57. The van der Waals surface area contributed by atoms with Crippen molar-refractivity contribution in [2.45, 2.75) is 12.1 Å². The van der Waals surface area contributed by atoms with Crippen molar-refractivity contribution in [3.63, 3.8) is 0 Å². The Labute approximate surface area is 88.5 Å². The fourth-order valence-corrected chi connectivity index (χ4v) is 1.69. The van der Waals surface area contributed by atoms with Gasteiger partial charge in [0.15, 0.2) is 11.6 Å². The minimum atomic E-state index is -5.09. The van der Waals surface area contributed by atoms with Gasteiger partial charge in [0.1, 0.15) is 0 Å². The van der Waals surface area contributed by atoms with Crippen LogP contribution in [0.15, 0.2) is 0 Å². The average Bonchev–Trinajstić information content (AvgIpc) is 1.99. The fraction of sp³-hybridized carbons (Fsp3) is 0.500. The van der Waals surface area contributed by atoms with Gasteiger partial charge in [0.25, 0.3) is 0 Å². The molecule has 0 fully saturated rings. The molecular weight excluding hydrogens is 247 g/mol. The van der Waals surface area contributed by atoms with E-state index in [1.807, 2.05) is 0 Å². The molecule has 0 radical (unpaired) electrons. The van der Waals surface area contributed by atoms with Crippen LogP contribution in [-0.2, 0) is 18.9 Å². The maximum atomic E-state index is 10.7. The van der Waals surface area contributed by atoms with Crippen molar-refractivity contribution in [2.75, 3.05) is 0 Å². The topological polar surface area (TPSA) is 169 Å². The molecule has 0 saturated heterocycles. The fourth-order valence-electron chi connectivity index (χ4n) is 0.913. The zero-order valence-electron chi connectivity index (χ0n) is 7.68. The third kappa shape index (κ3) is 3.97. The summed E-state index contributed by atoms with van der Waals surface area (Å²) < 4.78 is 10.7. The first kappa shape index (κ1) is 14.6. The predicted molar refractivity (Wildman–Crippen MR) is 46.8 cm³/mol. The Morgan fingerprint density at radius 1 is 0.938 bits per heavy atom. The molecule has 0 saturated carbocycles. The highest BCUT2D eigenvalue weighted by Gasteiger charge is 2.41. The third-order valence-electron chi connectivity index (χ3n) is 1.75. The molecule has 92 valence electrons. The number of hydrogen-bond acceptors (Lipinski definition) is 4. The van der Waals surface area contributed by atoms with E-state index in [-0.39, 0.29) is 0 Å². The van der Waals surface area contributed by atoms with Gasteiger partial charge in [-0.3, -0.25) is 18.9 Å². The number of rotatable bonds is 6. The van der Waals surface area contributed by atoms with Gasteiger partial charge in [0.05, 0.1) is 0 Å². The Balaban J connectivity index is 5.02. The lowest BCUT2D eigenvalue weighted by atomic mass is 10.0. The van der Waals surface area contributed by atoms with Crippen LogP contribution >= 0.6 is 7.60 Å². The van der Waals surface area contributed by atoms with E-state index in [1.165, 1.54) is 0 Å². The number of hydrogen-bond donors (Lipinski definition) is 5. The van der Waals surface area contributed by atoms with Crippen LogP contribution in [0, 0.1) is 5.92 Å². The van der Waals surface area contributed by atoms with Crippen LogP contribution in [0.2, 0.25) is 0 Å². The van der Waals surface area contributed by atoms with Crippen molar-refractivity contribution < 1.29 is 44.1 Å². The van der Waals surface area contributed by atoms with Gasteiger partial charge in [-0.1, -0.05) is 0 Å². The molecule has 0 aromatic rings. The van der Waals surface area contributed by atoms with E-state index in [9.17, 15) is 18.9 Å². The average molecular weight is 256 g/mol. The summed E-state index contributed by atoms with van der Waals surface area (Å²) in [4.78, 5) is 48.5. The van der Waals surface area contributed by atoms with Crippen LogP contribution in [0.4, 0.5) is 0 Å². The summed E-state index contributed by atoms with van der Waals surface area (Å²) >= 11 is 0. The highest BCUT2D eigenvalue weighted by Crippen LogP contribution is 2.44. The van der Waals surface area contributed by atoms with Crippen molar-refractivity contribution in [1.29, 1.82) is 0 Å². The number of carboxylic acids is 3. The number of carbonyl (C=O) groups is 3. The lowest BCUT2D eigenvalue weighted by Gasteiger charge is -2.15. The summed E-state index contributed by atoms with van der Waals surface area (Å²) in [6, 6.07) is 0. The van der Waals surface area contributed by atoms with Crippen molar-refractivity contribution >= 4 is 25.5 Å². The van der Waals surface area contributed by atoms with Gasteiger partial charge in [-0.25, -0.2) is 0 Å². The molecule has 0 bridgehead atoms. The molecule has 0 aromatic heterocycles. The quantitative estimate of drug-likeness (QED) is 0.289. The van der Waals surface area contributed by atoms with Crippen molar-refractivity contribution in [3.8, 4) is 0 Å². The van der Waals surface area contributed by atoms with Crippen molar-refractivity contribution in [1.82, 2.24) is 0 Å². The molecule has 0 rings (SSSR count). The maximum absolute atomic E-state index is 10.7. The summed E-state index contributed by atoms with van der Waals surface area (Å²) in [5, 5.41) is 25.3. The lowest BCUT2D eigenvalue weighted by Crippen LogP contribution is -2.31. The Morgan fingerprint density at radius 2 is 1.31 bits per heavy atom. The van der Waals surface area contributed by atoms with Crippen LogP contribution < -0.4 is 0 Å². The summed E-state index contributed by atoms with van der Waals surface area (Å²) in [6.45, 7) is 0. The lowest BCUT2D eigenvalue weighted by molar-refractivity contribution is -0.155. The maximum Gasteiger partial charge on any atom is 0.339 e. The summed E-state index contributed by atoms with van der Waals surface area (Å²) in [5.41, 5.74) is -2.34. The van der Waals surface area contributed by atoms with Gasteiger partial charge in [-0.15, -0.1) is 0 Å². The monoisotopic (exact) mass is 256 g/mol. The molecule has 1 unspecified atom stereocenters. The van der Waals surface area contributed by atoms with Gasteiger partial charge >= 0.3 is 25.5 Å². The largest absolute Gasteiger partial charge is 0.481 e. The van der Waals surface area contributed by atoms with Crippen molar-refractivity contribution in [2.24, 2.45) is 5.92 Å². The molecule has 9 nitrogen and oxygen atoms in total. The first-order valence-electron chi connectivity index (χ1n) is 3.81.